The topological polar surface area (TPSA) is 37.8 Å². The van der Waals surface area contributed by atoms with E-state index in [9.17, 15) is 4.39 Å². The molecular weight excluding hydrogens is 205 g/mol. The molecule has 0 saturated heterocycles. The largest absolute Gasteiger partial charge is 0.368 e. The molecule has 0 spiro atoms. The van der Waals surface area contributed by atoms with Crippen LogP contribution in [0, 0.1) is 5.82 Å². The van der Waals surface area contributed by atoms with Crippen molar-refractivity contribution in [2.75, 3.05) is 11.9 Å². The molecule has 16 heavy (non-hydrogen) atoms. The van der Waals surface area contributed by atoms with Crippen molar-refractivity contribution in [1.29, 1.82) is 0 Å². The minimum Gasteiger partial charge on any atom is -0.368 e. The lowest BCUT2D eigenvalue weighted by Gasteiger charge is -2.07. The van der Waals surface area contributed by atoms with Crippen molar-refractivity contribution in [1.82, 2.24) is 9.97 Å². The van der Waals surface area contributed by atoms with Crippen LogP contribution in [0.15, 0.2) is 6.33 Å². The lowest BCUT2D eigenvalue weighted by atomic mass is 10.2. The third-order valence-corrected chi connectivity index (χ3v) is 2.52. The van der Waals surface area contributed by atoms with E-state index in [1.807, 2.05) is 6.92 Å². The van der Waals surface area contributed by atoms with E-state index in [2.05, 4.69) is 22.2 Å². The summed E-state index contributed by atoms with van der Waals surface area (Å²) in [6, 6.07) is 0. The molecule has 4 heteroatoms. The number of nitrogens with one attached hydrogen (secondary N) is 1. The predicted molar refractivity (Wildman–Crippen MR) is 64.0 cm³/mol. The first-order valence-electron chi connectivity index (χ1n) is 6.02. The molecule has 1 aromatic heterocycles. The fourth-order valence-corrected chi connectivity index (χ4v) is 1.53. The summed E-state index contributed by atoms with van der Waals surface area (Å²) in [5.74, 6) is 0.0313. The minimum absolute atomic E-state index is 0.305. The van der Waals surface area contributed by atoms with Crippen molar-refractivity contribution >= 4 is 5.82 Å². The molecule has 0 aliphatic heterocycles. The van der Waals surface area contributed by atoms with E-state index in [0.29, 0.717) is 17.9 Å². The van der Waals surface area contributed by atoms with E-state index in [4.69, 9.17) is 0 Å². The first-order chi connectivity index (χ1) is 7.79. The molecule has 0 amide bonds. The molecule has 0 aliphatic rings. The van der Waals surface area contributed by atoms with Crippen molar-refractivity contribution in [3.8, 4) is 0 Å². The summed E-state index contributed by atoms with van der Waals surface area (Å²) in [6.45, 7) is 4.83. The van der Waals surface area contributed by atoms with Crippen molar-refractivity contribution in [3.05, 3.63) is 17.8 Å². The molecule has 0 bridgehead atoms. The van der Waals surface area contributed by atoms with Crippen LogP contribution in [0.5, 0.6) is 0 Å². The van der Waals surface area contributed by atoms with E-state index in [1.54, 1.807) is 0 Å². The second-order valence-corrected chi connectivity index (χ2v) is 3.82. The molecule has 3 nitrogen and oxygen atoms in total. The summed E-state index contributed by atoms with van der Waals surface area (Å²) in [4.78, 5) is 7.80. The van der Waals surface area contributed by atoms with Crippen LogP contribution in [0.2, 0.25) is 0 Å². The van der Waals surface area contributed by atoms with Gasteiger partial charge in [0.05, 0.1) is 5.69 Å². The van der Waals surface area contributed by atoms with Gasteiger partial charge in [0, 0.05) is 6.54 Å². The Labute approximate surface area is 96.5 Å². The van der Waals surface area contributed by atoms with Gasteiger partial charge in [0.15, 0.2) is 11.6 Å². The third-order valence-electron chi connectivity index (χ3n) is 2.52. The van der Waals surface area contributed by atoms with Crippen molar-refractivity contribution in [3.63, 3.8) is 0 Å². The summed E-state index contributed by atoms with van der Waals surface area (Å²) >= 11 is 0. The van der Waals surface area contributed by atoms with E-state index in [1.165, 1.54) is 25.6 Å². The Hall–Kier alpha value is -1.19. The Kier molecular flexibility index (Phi) is 5.75. The monoisotopic (exact) mass is 225 g/mol. The van der Waals surface area contributed by atoms with Crippen LogP contribution >= 0.6 is 0 Å². The van der Waals surface area contributed by atoms with E-state index in [0.717, 1.165) is 13.0 Å². The van der Waals surface area contributed by atoms with Gasteiger partial charge in [0.1, 0.15) is 6.33 Å². The normalized spacial score (nSPS) is 10.4. The number of nitrogens with zero attached hydrogens (tertiary/aromatic N) is 2. The lowest BCUT2D eigenvalue weighted by molar-refractivity contribution is 0.595. The highest BCUT2D eigenvalue weighted by molar-refractivity contribution is 5.36. The SMILES string of the molecule is CCCCCCNc1ncnc(CC)c1F. The van der Waals surface area contributed by atoms with Crippen LogP contribution in [-0.2, 0) is 6.42 Å². The smallest absolute Gasteiger partial charge is 0.186 e. The van der Waals surface area contributed by atoms with Crippen LogP contribution in [-0.4, -0.2) is 16.5 Å². The predicted octanol–water partition coefficient (Wildman–Crippen LogP) is 3.17. The fraction of sp³-hybridized carbons (Fsp3) is 0.667. The second kappa shape index (κ2) is 7.14. The number of hydrogen-bond donors (Lipinski definition) is 1. The van der Waals surface area contributed by atoms with Crippen molar-refractivity contribution in [2.24, 2.45) is 0 Å². The number of aromatic nitrogens is 2. The summed E-state index contributed by atoms with van der Waals surface area (Å²) in [7, 11) is 0. The maximum atomic E-state index is 13.7. The molecule has 0 saturated carbocycles. The highest BCUT2D eigenvalue weighted by atomic mass is 19.1. The summed E-state index contributed by atoms with van der Waals surface area (Å²) < 4.78 is 13.7. The molecule has 1 rings (SSSR count). The Morgan fingerprint density at radius 3 is 2.69 bits per heavy atom. The molecule has 0 radical (unpaired) electrons. The molecule has 0 aliphatic carbocycles. The molecule has 0 aromatic carbocycles. The average molecular weight is 225 g/mol. The van der Waals surface area contributed by atoms with Crippen LogP contribution in [0.4, 0.5) is 10.2 Å². The number of unbranched alkanes of at least 4 members (excludes halogenated alkanes) is 3. The molecule has 90 valence electrons. The Morgan fingerprint density at radius 1 is 1.19 bits per heavy atom. The van der Waals surface area contributed by atoms with Gasteiger partial charge >= 0.3 is 0 Å². The molecule has 0 unspecified atom stereocenters. The molecule has 0 fully saturated rings. The number of hydrogen-bond acceptors (Lipinski definition) is 3. The summed E-state index contributed by atoms with van der Waals surface area (Å²) in [5, 5.41) is 3.02. The zero-order valence-electron chi connectivity index (χ0n) is 10.1. The first kappa shape index (κ1) is 12.9. The number of rotatable bonds is 7. The van der Waals surface area contributed by atoms with Crippen molar-refractivity contribution in [2.45, 2.75) is 46.0 Å². The van der Waals surface area contributed by atoms with Gasteiger partial charge in [-0.15, -0.1) is 0 Å². The zero-order valence-corrected chi connectivity index (χ0v) is 10.1. The average Bonchev–Trinajstić information content (AvgIpc) is 2.31. The van der Waals surface area contributed by atoms with E-state index in [-0.39, 0.29) is 5.82 Å². The highest BCUT2D eigenvalue weighted by Gasteiger charge is 2.08. The second-order valence-electron chi connectivity index (χ2n) is 3.82. The Bertz CT molecular complexity index is 315. The van der Waals surface area contributed by atoms with E-state index < -0.39 is 0 Å². The minimum atomic E-state index is -0.305. The van der Waals surface area contributed by atoms with Gasteiger partial charge < -0.3 is 5.32 Å². The summed E-state index contributed by atoms with van der Waals surface area (Å²) in [6.07, 6.45) is 6.68. The molecular formula is C12H20FN3. The van der Waals surface area contributed by atoms with Gasteiger partial charge in [-0.25, -0.2) is 14.4 Å². The van der Waals surface area contributed by atoms with Crippen LogP contribution in [0.25, 0.3) is 0 Å². The maximum Gasteiger partial charge on any atom is 0.186 e. The number of aryl methyl sites for hydroxylation is 1. The quantitative estimate of drug-likeness (QED) is 0.724. The molecule has 0 atom stereocenters. The van der Waals surface area contributed by atoms with Gasteiger partial charge in [0.2, 0.25) is 0 Å². The van der Waals surface area contributed by atoms with E-state index >= 15 is 0 Å². The fourth-order valence-electron chi connectivity index (χ4n) is 1.53. The van der Waals surface area contributed by atoms with Gasteiger partial charge in [-0.05, 0) is 12.8 Å². The first-order valence-corrected chi connectivity index (χ1v) is 6.02. The molecule has 1 heterocycles. The van der Waals surface area contributed by atoms with Gasteiger partial charge in [0.25, 0.3) is 0 Å². The molecule has 1 aromatic rings. The summed E-state index contributed by atoms with van der Waals surface area (Å²) in [5.41, 5.74) is 0.478. The Balaban J connectivity index is 2.41. The Morgan fingerprint density at radius 2 is 2.00 bits per heavy atom. The van der Waals surface area contributed by atoms with Crippen molar-refractivity contribution < 1.29 is 4.39 Å². The zero-order chi connectivity index (χ0) is 11.8. The third kappa shape index (κ3) is 3.76. The number of halogens is 1. The highest BCUT2D eigenvalue weighted by Crippen LogP contribution is 2.13. The lowest BCUT2D eigenvalue weighted by Crippen LogP contribution is -2.08. The number of anilines is 1. The molecule has 1 N–H and O–H groups in total. The van der Waals surface area contributed by atoms with Crippen LogP contribution in [0.1, 0.15) is 45.2 Å². The van der Waals surface area contributed by atoms with Crippen LogP contribution < -0.4 is 5.32 Å². The standard InChI is InChI=1S/C12H20FN3/c1-3-5-6-7-8-14-12-11(13)10(4-2)15-9-16-12/h9H,3-8H2,1-2H3,(H,14,15,16). The van der Waals surface area contributed by atoms with Crippen LogP contribution in [0.3, 0.4) is 0 Å². The van der Waals surface area contributed by atoms with Gasteiger partial charge in [-0.2, -0.15) is 0 Å². The van der Waals surface area contributed by atoms with Gasteiger partial charge in [-0.3, -0.25) is 0 Å². The van der Waals surface area contributed by atoms with Gasteiger partial charge in [-0.1, -0.05) is 33.1 Å². The maximum absolute atomic E-state index is 13.7.